The molecule has 0 aliphatic carbocycles. The molecular weight excluding hydrogens is 465 g/mol. The first kappa shape index (κ1) is 21.3. The molecule has 1 aliphatic rings. The number of aliphatic hydroxyl groups is 1. The van der Waals surface area contributed by atoms with Crippen molar-refractivity contribution in [1.82, 2.24) is 0 Å². The van der Waals surface area contributed by atoms with Crippen molar-refractivity contribution >= 4 is 57.9 Å². The first-order chi connectivity index (χ1) is 14.8. The maximum absolute atomic E-state index is 13.0. The van der Waals surface area contributed by atoms with Gasteiger partial charge in [0.25, 0.3) is 11.7 Å². The average Bonchev–Trinajstić information content (AvgIpc) is 3.34. The third-order valence-electron chi connectivity index (χ3n) is 4.82. The Morgan fingerprint density at radius 1 is 1.06 bits per heavy atom. The molecule has 1 fully saturated rings. The molecule has 1 unspecified atom stereocenters. The van der Waals surface area contributed by atoms with Crippen LogP contribution in [0.1, 0.15) is 17.4 Å². The van der Waals surface area contributed by atoms with Crippen molar-refractivity contribution in [2.24, 2.45) is 0 Å². The number of hydrogen-bond donors (Lipinski definition) is 1. The van der Waals surface area contributed by atoms with Crippen molar-refractivity contribution in [3.8, 4) is 5.75 Å². The van der Waals surface area contributed by atoms with Gasteiger partial charge >= 0.3 is 0 Å². The number of carbonyl (C=O) groups is 2. The van der Waals surface area contributed by atoms with E-state index in [0.29, 0.717) is 10.7 Å². The SMILES string of the molecule is COc1c(Cl)cc(/C(O)=C2/C(=O)C(=O)N(c3cccc(Cl)c3)C2c2ccco2)cc1Cl. The van der Waals surface area contributed by atoms with Crippen molar-refractivity contribution < 1.29 is 23.8 Å². The summed E-state index contributed by atoms with van der Waals surface area (Å²) in [4.78, 5) is 27.2. The second kappa shape index (κ2) is 8.30. The Kier molecular flexibility index (Phi) is 5.71. The zero-order valence-corrected chi connectivity index (χ0v) is 18.2. The number of Topliss-reactive ketones (excluding diaryl/α,β-unsaturated/α-hetero) is 1. The molecule has 0 radical (unpaired) electrons. The van der Waals surface area contributed by atoms with E-state index < -0.39 is 23.5 Å². The highest BCUT2D eigenvalue weighted by Crippen LogP contribution is 2.44. The summed E-state index contributed by atoms with van der Waals surface area (Å²) in [6.07, 6.45) is 1.41. The second-order valence-corrected chi connectivity index (χ2v) is 7.89. The predicted molar refractivity (Wildman–Crippen MR) is 118 cm³/mol. The van der Waals surface area contributed by atoms with Gasteiger partial charge in [-0.05, 0) is 42.5 Å². The summed E-state index contributed by atoms with van der Waals surface area (Å²) in [5, 5.41) is 11.7. The van der Waals surface area contributed by atoms with Gasteiger partial charge in [-0.25, -0.2) is 0 Å². The summed E-state index contributed by atoms with van der Waals surface area (Å²) in [6, 6.07) is 11.5. The van der Waals surface area contributed by atoms with Gasteiger partial charge in [0, 0.05) is 16.3 Å². The zero-order valence-electron chi connectivity index (χ0n) is 15.9. The van der Waals surface area contributed by atoms with E-state index in [2.05, 4.69) is 0 Å². The molecule has 158 valence electrons. The Labute approximate surface area is 192 Å². The number of ether oxygens (including phenoxy) is 1. The number of methoxy groups -OCH3 is 1. The molecule has 2 aromatic carbocycles. The fourth-order valence-corrected chi connectivity index (χ4v) is 4.31. The maximum Gasteiger partial charge on any atom is 0.300 e. The minimum atomic E-state index is -1.02. The molecule has 0 bridgehead atoms. The summed E-state index contributed by atoms with van der Waals surface area (Å²) in [7, 11) is 1.40. The van der Waals surface area contributed by atoms with Gasteiger partial charge in [-0.15, -0.1) is 0 Å². The number of furan rings is 1. The molecule has 0 spiro atoms. The van der Waals surface area contributed by atoms with Gasteiger partial charge in [0.1, 0.15) is 17.6 Å². The summed E-state index contributed by atoms with van der Waals surface area (Å²) in [5.74, 6) is -1.66. The van der Waals surface area contributed by atoms with E-state index in [0.717, 1.165) is 0 Å². The molecule has 1 atom stereocenters. The number of aliphatic hydroxyl groups excluding tert-OH is 1. The summed E-state index contributed by atoms with van der Waals surface area (Å²) >= 11 is 18.5. The minimum Gasteiger partial charge on any atom is -0.507 e. The second-order valence-electron chi connectivity index (χ2n) is 6.64. The lowest BCUT2D eigenvalue weighted by Gasteiger charge is -2.23. The van der Waals surface area contributed by atoms with Gasteiger partial charge in [-0.2, -0.15) is 0 Å². The number of halogens is 3. The van der Waals surface area contributed by atoms with Gasteiger partial charge in [-0.3, -0.25) is 14.5 Å². The average molecular weight is 479 g/mol. The van der Waals surface area contributed by atoms with Crippen LogP contribution in [0.25, 0.3) is 5.76 Å². The number of nitrogens with zero attached hydrogens (tertiary/aromatic N) is 1. The molecule has 9 heteroatoms. The summed E-state index contributed by atoms with van der Waals surface area (Å²) in [5.41, 5.74) is 0.356. The first-order valence-corrected chi connectivity index (χ1v) is 10.1. The Hall–Kier alpha value is -2.93. The minimum absolute atomic E-state index is 0.134. The third kappa shape index (κ3) is 3.67. The number of amides is 1. The molecule has 1 aliphatic heterocycles. The molecule has 1 N–H and O–H groups in total. The van der Waals surface area contributed by atoms with Crippen LogP contribution in [0.2, 0.25) is 15.1 Å². The summed E-state index contributed by atoms with van der Waals surface area (Å²) in [6.45, 7) is 0. The highest BCUT2D eigenvalue weighted by atomic mass is 35.5. The molecular formula is C22H14Cl3NO5. The van der Waals surface area contributed by atoms with Crippen LogP contribution in [0, 0.1) is 0 Å². The fourth-order valence-electron chi connectivity index (χ4n) is 3.49. The van der Waals surface area contributed by atoms with Crippen LogP contribution in [0.4, 0.5) is 5.69 Å². The van der Waals surface area contributed by atoms with Gasteiger partial charge < -0.3 is 14.3 Å². The molecule has 1 saturated heterocycles. The molecule has 31 heavy (non-hydrogen) atoms. The monoisotopic (exact) mass is 477 g/mol. The third-order valence-corrected chi connectivity index (χ3v) is 5.62. The first-order valence-electron chi connectivity index (χ1n) is 8.97. The van der Waals surface area contributed by atoms with E-state index in [1.807, 2.05) is 0 Å². The number of carbonyl (C=O) groups excluding carboxylic acids is 2. The lowest BCUT2D eigenvalue weighted by molar-refractivity contribution is -0.132. The molecule has 6 nitrogen and oxygen atoms in total. The van der Waals surface area contributed by atoms with E-state index in [1.54, 1.807) is 36.4 Å². The Bertz CT molecular complexity index is 1200. The molecule has 1 aromatic heterocycles. The van der Waals surface area contributed by atoms with E-state index in [1.165, 1.54) is 30.4 Å². The maximum atomic E-state index is 13.0. The number of rotatable bonds is 4. The molecule has 3 aromatic rings. The number of anilines is 1. The lowest BCUT2D eigenvalue weighted by atomic mass is 9.99. The van der Waals surface area contributed by atoms with Crippen LogP contribution < -0.4 is 9.64 Å². The highest BCUT2D eigenvalue weighted by molar-refractivity contribution is 6.52. The molecule has 4 rings (SSSR count). The number of benzene rings is 2. The molecule has 1 amide bonds. The van der Waals surface area contributed by atoms with Gasteiger partial charge in [0.2, 0.25) is 0 Å². The molecule has 2 heterocycles. The Morgan fingerprint density at radius 3 is 2.35 bits per heavy atom. The highest BCUT2D eigenvalue weighted by Gasteiger charge is 2.48. The van der Waals surface area contributed by atoms with Crippen LogP contribution in [-0.2, 0) is 9.59 Å². The number of ketones is 1. The van der Waals surface area contributed by atoms with E-state index in [9.17, 15) is 14.7 Å². The van der Waals surface area contributed by atoms with Crippen molar-refractivity contribution in [1.29, 1.82) is 0 Å². The van der Waals surface area contributed by atoms with Crippen LogP contribution in [0.15, 0.2) is 64.8 Å². The standard InChI is InChI=1S/C22H14Cl3NO5/c1-30-21-14(24)8-11(9-15(21)25)19(27)17-18(16-6-3-7-31-16)26(22(29)20(17)28)13-5-2-4-12(23)10-13/h2-10,18,27H,1H3/b19-17-. The quantitative estimate of drug-likeness (QED) is 0.288. The Morgan fingerprint density at radius 2 is 1.77 bits per heavy atom. The van der Waals surface area contributed by atoms with Crippen LogP contribution >= 0.6 is 34.8 Å². The van der Waals surface area contributed by atoms with Crippen LogP contribution in [0.3, 0.4) is 0 Å². The van der Waals surface area contributed by atoms with E-state index in [4.69, 9.17) is 44.0 Å². The zero-order chi connectivity index (χ0) is 22.3. The number of hydrogen-bond acceptors (Lipinski definition) is 5. The topological polar surface area (TPSA) is 80.0 Å². The van der Waals surface area contributed by atoms with E-state index >= 15 is 0 Å². The van der Waals surface area contributed by atoms with Gasteiger partial charge in [-0.1, -0.05) is 40.9 Å². The van der Waals surface area contributed by atoms with Crippen LogP contribution in [-0.4, -0.2) is 23.9 Å². The van der Waals surface area contributed by atoms with Crippen molar-refractivity contribution in [3.63, 3.8) is 0 Å². The van der Waals surface area contributed by atoms with Gasteiger partial charge in [0.15, 0.2) is 5.75 Å². The van der Waals surface area contributed by atoms with Crippen LogP contribution in [0.5, 0.6) is 5.75 Å². The predicted octanol–water partition coefficient (Wildman–Crippen LogP) is 5.87. The van der Waals surface area contributed by atoms with Crippen molar-refractivity contribution in [3.05, 3.63) is 86.8 Å². The van der Waals surface area contributed by atoms with Crippen molar-refractivity contribution in [2.45, 2.75) is 6.04 Å². The fraction of sp³-hybridized carbons (Fsp3) is 0.0909. The van der Waals surface area contributed by atoms with Gasteiger partial charge in [0.05, 0.1) is 29.0 Å². The molecule has 0 saturated carbocycles. The van der Waals surface area contributed by atoms with Crippen molar-refractivity contribution in [2.75, 3.05) is 12.0 Å². The normalized spacial score (nSPS) is 17.9. The van der Waals surface area contributed by atoms with E-state index in [-0.39, 0.29) is 32.7 Å². The smallest absolute Gasteiger partial charge is 0.300 e. The summed E-state index contributed by atoms with van der Waals surface area (Å²) < 4.78 is 10.6. The largest absolute Gasteiger partial charge is 0.507 e. The Balaban J connectivity index is 1.94. The lowest BCUT2D eigenvalue weighted by Crippen LogP contribution is -2.29.